The van der Waals surface area contributed by atoms with Crippen LogP contribution in [0.1, 0.15) is 113 Å². The summed E-state index contributed by atoms with van der Waals surface area (Å²) in [5.41, 5.74) is 0.962. The van der Waals surface area contributed by atoms with Crippen molar-refractivity contribution in [2.45, 2.75) is 116 Å². The van der Waals surface area contributed by atoms with Crippen LogP contribution in [0.4, 0.5) is 0 Å². The summed E-state index contributed by atoms with van der Waals surface area (Å²) in [6.45, 7) is 7.08. The molecule has 39 heavy (non-hydrogen) atoms. The monoisotopic (exact) mass is 541 g/mol. The number of rotatable bonds is 7. The van der Waals surface area contributed by atoms with E-state index in [0.717, 1.165) is 56.2 Å². The number of nitrogens with one attached hydrogen (secondary N) is 1. The van der Waals surface area contributed by atoms with Crippen LogP contribution in [-0.4, -0.2) is 52.5 Å². The summed E-state index contributed by atoms with van der Waals surface area (Å²) in [4.78, 5) is 54.7. The predicted molar refractivity (Wildman–Crippen MR) is 151 cm³/mol. The maximum atomic E-state index is 13.8. The third-order valence-electron chi connectivity index (χ3n) is 8.87. The Kier molecular flexibility index (Phi) is 9.89. The zero-order valence-corrected chi connectivity index (χ0v) is 24.2. The highest BCUT2D eigenvalue weighted by atomic mass is 16.5. The summed E-state index contributed by atoms with van der Waals surface area (Å²) >= 11 is 0. The lowest BCUT2D eigenvalue weighted by Crippen LogP contribution is -2.58. The van der Waals surface area contributed by atoms with Crippen LogP contribution in [0.25, 0.3) is 0 Å². The number of carbonyl (C=O) groups is 3. The van der Waals surface area contributed by atoms with E-state index < -0.39 is 11.4 Å². The smallest absolute Gasteiger partial charge is 0.309 e. The number of piperidine rings is 1. The summed E-state index contributed by atoms with van der Waals surface area (Å²) < 4.78 is 7.06. The van der Waals surface area contributed by atoms with Gasteiger partial charge < -0.3 is 19.5 Å². The molecule has 2 aliphatic carbocycles. The maximum absolute atomic E-state index is 13.8. The topological polar surface area (TPSA) is 97.7 Å². The van der Waals surface area contributed by atoms with Crippen molar-refractivity contribution in [2.24, 2.45) is 11.8 Å². The number of aryl methyl sites for hydroxylation is 1. The van der Waals surface area contributed by atoms with Gasteiger partial charge in [0.05, 0.1) is 12.5 Å². The summed E-state index contributed by atoms with van der Waals surface area (Å²) in [7, 11) is 0. The number of pyridine rings is 1. The van der Waals surface area contributed by atoms with Gasteiger partial charge in [0.2, 0.25) is 5.91 Å². The number of nitrogens with zero attached hydrogens (tertiary/aromatic N) is 2. The highest BCUT2D eigenvalue weighted by molar-refractivity contribution is 5.99. The van der Waals surface area contributed by atoms with Crippen molar-refractivity contribution >= 4 is 17.8 Å². The normalized spacial score (nSPS) is 19.5. The number of fused-ring (bicyclic) bond motifs is 1. The summed E-state index contributed by atoms with van der Waals surface area (Å²) in [5, 5.41) is 2.90. The van der Waals surface area contributed by atoms with E-state index in [2.05, 4.69) is 5.32 Å². The van der Waals surface area contributed by atoms with E-state index in [1.807, 2.05) is 4.57 Å². The molecule has 0 spiro atoms. The number of aromatic nitrogens is 1. The van der Waals surface area contributed by atoms with Crippen LogP contribution >= 0.6 is 0 Å². The van der Waals surface area contributed by atoms with Crippen LogP contribution in [-0.2, 0) is 33.7 Å². The minimum absolute atomic E-state index is 0.145. The molecular weight excluding hydrogens is 494 g/mol. The molecule has 0 aromatic carbocycles. The number of hydrogen-bond donors (Lipinski definition) is 1. The number of esters is 1. The minimum atomic E-state index is -1.18. The third kappa shape index (κ3) is 7.12. The molecule has 216 valence electrons. The molecule has 0 unspecified atom stereocenters. The van der Waals surface area contributed by atoms with Crippen molar-refractivity contribution in [3.05, 3.63) is 33.2 Å². The van der Waals surface area contributed by atoms with E-state index in [1.54, 1.807) is 31.7 Å². The van der Waals surface area contributed by atoms with Crippen LogP contribution in [0.15, 0.2) is 10.9 Å². The van der Waals surface area contributed by atoms with E-state index in [0.29, 0.717) is 45.0 Å². The Morgan fingerprint density at radius 1 is 0.949 bits per heavy atom. The number of amides is 2. The van der Waals surface area contributed by atoms with Crippen molar-refractivity contribution < 1.29 is 19.1 Å². The number of ether oxygens (including phenoxy) is 1. The molecule has 2 amide bonds. The molecule has 0 atom stereocenters. The van der Waals surface area contributed by atoms with E-state index in [4.69, 9.17) is 4.74 Å². The van der Waals surface area contributed by atoms with Gasteiger partial charge in [-0.1, -0.05) is 32.1 Å². The van der Waals surface area contributed by atoms with Gasteiger partial charge in [-0.15, -0.1) is 0 Å². The van der Waals surface area contributed by atoms with Crippen molar-refractivity contribution in [1.82, 2.24) is 14.8 Å². The fraction of sp³-hybridized carbons (Fsp3) is 0.742. The molecule has 1 N–H and O–H groups in total. The van der Waals surface area contributed by atoms with Gasteiger partial charge in [-0.2, -0.15) is 0 Å². The number of hydrogen-bond acceptors (Lipinski definition) is 5. The van der Waals surface area contributed by atoms with Gasteiger partial charge in [0.25, 0.3) is 11.5 Å². The standard InChI is InChI=1S/C31H47N3O5/c1-4-39-29(37)23-16-18-33(19-17-23)30(38)31(2,3)32-27(35)25-20-24-14-10-5-6-11-15-26(24)34(28(25)36)21-22-12-8-7-9-13-22/h20,22-23H,4-19,21H2,1-3H3,(H,32,35). The lowest BCUT2D eigenvalue weighted by Gasteiger charge is -2.36. The average Bonchev–Trinajstić information content (AvgIpc) is 2.91. The van der Waals surface area contributed by atoms with Crippen molar-refractivity contribution in [2.75, 3.05) is 19.7 Å². The molecule has 0 bridgehead atoms. The van der Waals surface area contributed by atoms with Crippen molar-refractivity contribution in [3.8, 4) is 0 Å². The fourth-order valence-corrected chi connectivity index (χ4v) is 6.60. The Labute approximate surface area is 232 Å². The van der Waals surface area contributed by atoms with Gasteiger partial charge in [0.1, 0.15) is 11.1 Å². The largest absolute Gasteiger partial charge is 0.466 e. The van der Waals surface area contributed by atoms with E-state index in [-0.39, 0.29) is 28.9 Å². The van der Waals surface area contributed by atoms with Crippen LogP contribution < -0.4 is 10.9 Å². The summed E-state index contributed by atoms with van der Waals surface area (Å²) in [6, 6.07) is 1.81. The predicted octanol–water partition coefficient (Wildman–Crippen LogP) is 4.40. The van der Waals surface area contributed by atoms with Crippen LogP contribution in [0, 0.1) is 11.8 Å². The first-order chi connectivity index (χ1) is 18.7. The quantitative estimate of drug-likeness (QED) is 0.516. The van der Waals surface area contributed by atoms with Gasteiger partial charge >= 0.3 is 5.97 Å². The molecule has 2 fully saturated rings. The first-order valence-corrected chi connectivity index (χ1v) is 15.3. The molecule has 1 saturated heterocycles. The summed E-state index contributed by atoms with van der Waals surface area (Å²) in [6.07, 6.45) is 13.2. The SMILES string of the molecule is CCOC(=O)C1CCN(C(=O)C(C)(C)NC(=O)c2cc3c(n(CC4CCCCC4)c2=O)CCCCCC3)CC1. The minimum Gasteiger partial charge on any atom is -0.466 e. The second-order valence-electron chi connectivity index (χ2n) is 12.3. The van der Waals surface area contributed by atoms with Crippen LogP contribution in [0.5, 0.6) is 0 Å². The van der Waals surface area contributed by atoms with E-state index >= 15 is 0 Å². The molecule has 0 radical (unpaired) electrons. The van der Waals surface area contributed by atoms with Gasteiger partial charge in [0, 0.05) is 25.3 Å². The lowest BCUT2D eigenvalue weighted by molar-refractivity contribution is -0.152. The molecule has 8 nitrogen and oxygen atoms in total. The molecule has 3 aliphatic rings. The molecule has 1 saturated carbocycles. The maximum Gasteiger partial charge on any atom is 0.309 e. The Morgan fingerprint density at radius 2 is 1.59 bits per heavy atom. The van der Waals surface area contributed by atoms with Gasteiger partial charge in [-0.3, -0.25) is 19.2 Å². The second-order valence-corrected chi connectivity index (χ2v) is 12.3. The second kappa shape index (κ2) is 13.1. The van der Waals surface area contributed by atoms with Crippen molar-refractivity contribution in [1.29, 1.82) is 0 Å². The Balaban J connectivity index is 1.52. The molecule has 1 aromatic heterocycles. The Morgan fingerprint density at radius 3 is 2.26 bits per heavy atom. The fourth-order valence-electron chi connectivity index (χ4n) is 6.60. The van der Waals surface area contributed by atoms with E-state index in [9.17, 15) is 19.2 Å². The molecule has 1 aliphatic heterocycles. The van der Waals surface area contributed by atoms with Crippen molar-refractivity contribution in [3.63, 3.8) is 0 Å². The van der Waals surface area contributed by atoms with Gasteiger partial charge in [0.15, 0.2) is 0 Å². The number of carbonyl (C=O) groups excluding carboxylic acids is 3. The molecule has 1 aromatic rings. The highest BCUT2D eigenvalue weighted by Gasteiger charge is 2.37. The zero-order valence-electron chi connectivity index (χ0n) is 24.2. The molecule has 4 rings (SSSR count). The van der Waals surface area contributed by atoms with Crippen LogP contribution in [0.2, 0.25) is 0 Å². The van der Waals surface area contributed by atoms with E-state index in [1.165, 1.54) is 25.7 Å². The molecule has 8 heteroatoms. The van der Waals surface area contributed by atoms with Crippen LogP contribution in [0.3, 0.4) is 0 Å². The number of likely N-dealkylation sites (tertiary alicyclic amines) is 1. The molecule has 2 heterocycles. The summed E-state index contributed by atoms with van der Waals surface area (Å²) in [5.74, 6) is -0.618. The van der Waals surface area contributed by atoms with Gasteiger partial charge in [-0.25, -0.2) is 0 Å². The average molecular weight is 542 g/mol. The molecular formula is C31H47N3O5. The highest BCUT2D eigenvalue weighted by Crippen LogP contribution is 2.27. The lowest BCUT2D eigenvalue weighted by atomic mass is 9.88. The zero-order chi connectivity index (χ0) is 28.0. The third-order valence-corrected chi connectivity index (χ3v) is 8.87. The first kappa shape index (κ1) is 29.3. The van der Waals surface area contributed by atoms with Gasteiger partial charge in [-0.05, 0) is 89.7 Å². The first-order valence-electron chi connectivity index (χ1n) is 15.3. The Bertz CT molecular complexity index is 1090. The Hall–Kier alpha value is -2.64.